The summed E-state index contributed by atoms with van der Waals surface area (Å²) >= 11 is 0. The number of benzene rings is 1. The van der Waals surface area contributed by atoms with Gasteiger partial charge in [0, 0.05) is 31.6 Å². The summed E-state index contributed by atoms with van der Waals surface area (Å²) in [4.78, 5) is 32.1. The Morgan fingerprint density at radius 1 is 1.36 bits per heavy atom. The zero-order valence-electron chi connectivity index (χ0n) is 15.6. The van der Waals surface area contributed by atoms with Gasteiger partial charge in [-0.05, 0) is 37.1 Å². The molecule has 1 aromatic heterocycles. The lowest BCUT2D eigenvalue weighted by atomic mass is 9.85. The van der Waals surface area contributed by atoms with Crippen molar-refractivity contribution in [2.45, 2.75) is 44.2 Å². The molecule has 148 valence electrons. The van der Waals surface area contributed by atoms with Crippen molar-refractivity contribution in [1.29, 1.82) is 0 Å². The van der Waals surface area contributed by atoms with E-state index in [1.165, 1.54) is 23.5 Å². The molecule has 1 aromatic carbocycles. The van der Waals surface area contributed by atoms with Crippen molar-refractivity contribution in [1.82, 2.24) is 20.4 Å². The number of aromatic nitrogens is 2. The van der Waals surface area contributed by atoms with Crippen LogP contribution in [0.2, 0.25) is 0 Å². The highest BCUT2D eigenvalue weighted by Gasteiger charge is 2.32. The highest BCUT2D eigenvalue weighted by molar-refractivity contribution is 5.96. The van der Waals surface area contributed by atoms with Crippen LogP contribution in [0.4, 0.5) is 14.9 Å². The fourth-order valence-electron chi connectivity index (χ4n) is 3.40. The number of anilines is 1. The Morgan fingerprint density at radius 2 is 2.11 bits per heavy atom. The summed E-state index contributed by atoms with van der Waals surface area (Å²) < 4.78 is 18.3. The zero-order valence-corrected chi connectivity index (χ0v) is 15.6. The maximum atomic E-state index is 13.1. The van der Waals surface area contributed by atoms with Gasteiger partial charge in [-0.15, -0.1) is 0 Å². The number of carbonyl (C=O) groups excluding carboxylic acids is 2. The molecule has 9 heteroatoms. The van der Waals surface area contributed by atoms with Gasteiger partial charge in [0.1, 0.15) is 5.82 Å². The molecule has 0 bridgehead atoms. The summed E-state index contributed by atoms with van der Waals surface area (Å²) in [6.45, 7) is 0.572. The maximum Gasteiger partial charge on any atom is 0.317 e. The predicted molar refractivity (Wildman–Crippen MR) is 98.0 cm³/mol. The smallest absolute Gasteiger partial charge is 0.317 e. The van der Waals surface area contributed by atoms with Crippen LogP contribution in [0.1, 0.15) is 43.3 Å². The summed E-state index contributed by atoms with van der Waals surface area (Å²) in [6, 6.07) is 5.10. The van der Waals surface area contributed by atoms with Gasteiger partial charge in [-0.25, -0.2) is 9.18 Å². The van der Waals surface area contributed by atoms with Crippen molar-refractivity contribution >= 4 is 17.6 Å². The van der Waals surface area contributed by atoms with E-state index in [-0.39, 0.29) is 36.8 Å². The van der Waals surface area contributed by atoms with Crippen LogP contribution in [0.5, 0.6) is 0 Å². The Bertz CT molecular complexity index is 865. The lowest BCUT2D eigenvalue weighted by molar-refractivity contribution is -0.117. The van der Waals surface area contributed by atoms with Crippen LogP contribution in [-0.2, 0) is 11.3 Å². The molecule has 2 heterocycles. The summed E-state index contributed by atoms with van der Waals surface area (Å²) in [5.74, 6) is 0.996. The molecule has 1 saturated heterocycles. The zero-order chi connectivity index (χ0) is 19.7. The van der Waals surface area contributed by atoms with Crippen LogP contribution >= 0.6 is 0 Å². The Balaban J connectivity index is 1.31. The molecule has 0 spiro atoms. The second-order valence-corrected chi connectivity index (χ2v) is 7.36. The minimum atomic E-state index is -0.358. The molecular formula is C19H22FN5O3. The highest BCUT2D eigenvalue weighted by Crippen LogP contribution is 2.35. The summed E-state index contributed by atoms with van der Waals surface area (Å²) in [7, 11) is 1.64. The topological polar surface area (TPSA) is 91.6 Å². The number of urea groups is 1. The lowest BCUT2D eigenvalue weighted by Crippen LogP contribution is -2.44. The van der Waals surface area contributed by atoms with Gasteiger partial charge in [-0.1, -0.05) is 11.6 Å². The first-order valence-electron chi connectivity index (χ1n) is 9.39. The van der Waals surface area contributed by atoms with Gasteiger partial charge in [0.2, 0.25) is 11.8 Å². The molecule has 4 rings (SSSR count). The number of nitrogens with zero attached hydrogens (tertiary/aromatic N) is 4. The van der Waals surface area contributed by atoms with Crippen molar-refractivity contribution in [3.63, 3.8) is 0 Å². The van der Waals surface area contributed by atoms with Crippen molar-refractivity contribution in [3.05, 3.63) is 41.8 Å². The first-order chi connectivity index (χ1) is 13.5. The lowest BCUT2D eigenvalue weighted by Gasteiger charge is -2.21. The fourth-order valence-corrected chi connectivity index (χ4v) is 3.40. The van der Waals surface area contributed by atoms with Crippen LogP contribution < -0.4 is 10.2 Å². The number of nitrogens with one attached hydrogen (secondary N) is 1. The van der Waals surface area contributed by atoms with E-state index in [0.29, 0.717) is 29.9 Å². The van der Waals surface area contributed by atoms with E-state index in [4.69, 9.17) is 4.52 Å². The Morgan fingerprint density at radius 3 is 2.79 bits per heavy atom. The van der Waals surface area contributed by atoms with Gasteiger partial charge in [0.05, 0.1) is 12.6 Å². The summed E-state index contributed by atoms with van der Waals surface area (Å²) in [5, 5.41) is 6.80. The third kappa shape index (κ3) is 3.83. The van der Waals surface area contributed by atoms with E-state index in [2.05, 4.69) is 15.5 Å². The summed E-state index contributed by atoms with van der Waals surface area (Å²) in [5.41, 5.74) is 0.617. The molecule has 3 amide bonds. The van der Waals surface area contributed by atoms with Gasteiger partial charge in [0.25, 0.3) is 0 Å². The monoisotopic (exact) mass is 387 g/mol. The SMILES string of the molecule is CN(Cc1noc(C2CCC2)n1)C(=O)N[C@@H]1CC(=O)N(c2ccc(F)cc2)C1. The Labute approximate surface area is 161 Å². The molecule has 1 aliphatic carbocycles. The quantitative estimate of drug-likeness (QED) is 0.851. The average Bonchev–Trinajstić information content (AvgIpc) is 3.21. The molecule has 1 saturated carbocycles. The van der Waals surface area contributed by atoms with Gasteiger partial charge in [-0.3, -0.25) is 4.79 Å². The van der Waals surface area contributed by atoms with E-state index < -0.39 is 0 Å². The Kier molecular flexibility index (Phi) is 4.97. The molecule has 2 aliphatic rings. The van der Waals surface area contributed by atoms with Gasteiger partial charge >= 0.3 is 6.03 Å². The van der Waals surface area contributed by atoms with Crippen molar-refractivity contribution < 1.29 is 18.5 Å². The first kappa shape index (κ1) is 18.4. The molecule has 28 heavy (non-hydrogen) atoms. The molecule has 0 radical (unpaired) electrons. The van der Waals surface area contributed by atoms with Crippen molar-refractivity contribution in [3.8, 4) is 0 Å². The van der Waals surface area contributed by atoms with E-state index in [9.17, 15) is 14.0 Å². The molecular weight excluding hydrogens is 365 g/mol. The minimum absolute atomic E-state index is 0.108. The van der Waals surface area contributed by atoms with E-state index in [1.54, 1.807) is 24.1 Å². The number of amides is 3. The van der Waals surface area contributed by atoms with E-state index >= 15 is 0 Å². The Hall–Kier alpha value is -2.97. The van der Waals surface area contributed by atoms with Crippen molar-refractivity contribution in [2.75, 3.05) is 18.5 Å². The van der Waals surface area contributed by atoms with Crippen molar-refractivity contribution in [2.24, 2.45) is 0 Å². The first-order valence-corrected chi connectivity index (χ1v) is 9.39. The molecule has 1 atom stereocenters. The van der Waals surface area contributed by atoms with Gasteiger partial charge in [0.15, 0.2) is 5.82 Å². The van der Waals surface area contributed by atoms with Gasteiger partial charge < -0.3 is 19.6 Å². The number of carbonyl (C=O) groups is 2. The second-order valence-electron chi connectivity index (χ2n) is 7.36. The fraction of sp³-hybridized carbons (Fsp3) is 0.474. The maximum absolute atomic E-state index is 13.1. The summed E-state index contributed by atoms with van der Waals surface area (Å²) in [6.07, 6.45) is 3.52. The van der Waals surface area contributed by atoms with E-state index in [1.807, 2.05) is 0 Å². The minimum Gasteiger partial charge on any atom is -0.339 e. The predicted octanol–water partition coefficient (Wildman–Crippen LogP) is 2.42. The number of hydrogen-bond donors (Lipinski definition) is 1. The van der Waals surface area contributed by atoms with Crippen LogP contribution in [0.3, 0.4) is 0 Å². The number of rotatable bonds is 5. The number of halogens is 1. The standard InChI is InChI=1S/C19H22FN5O3/c1-24(11-16-22-18(28-23-16)12-3-2-4-12)19(27)21-14-9-17(26)25(10-14)15-7-5-13(20)6-8-15/h5-8,12,14H,2-4,9-11H2,1H3,(H,21,27)/t14-/m1/s1. The molecule has 1 aliphatic heterocycles. The third-order valence-electron chi connectivity index (χ3n) is 5.25. The molecule has 0 unspecified atom stereocenters. The molecule has 8 nitrogen and oxygen atoms in total. The molecule has 2 fully saturated rings. The van der Waals surface area contributed by atoms with Crippen LogP contribution in [-0.4, -0.2) is 46.6 Å². The molecule has 2 aromatic rings. The second kappa shape index (κ2) is 7.57. The third-order valence-corrected chi connectivity index (χ3v) is 5.25. The normalized spacial score (nSPS) is 19.6. The largest absolute Gasteiger partial charge is 0.339 e. The van der Waals surface area contributed by atoms with Crippen LogP contribution in [0.25, 0.3) is 0 Å². The highest BCUT2D eigenvalue weighted by atomic mass is 19.1. The van der Waals surface area contributed by atoms with Gasteiger partial charge in [-0.2, -0.15) is 4.98 Å². The van der Waals surface area contributed by atoms with Crippen LogP contribution in [0, 0.1) is 5.82 Å². The number of hydrogen-bond acceptors (Lipinski definition) is 5. The molecule has 1 N–H and O–H groups in total. The van der Waals surface area contributed by atoms with Crippen LogP contribution in [0.15, 0.2) is 28.8 Å². The average molecular weight is 387 g/mol. The van der Waals surface area contributed by atoms with E-state index in [0.717, 1.165) is 12.8 Å².